The van der Waals surface area contributed by atoms with E-state index >= 15 is 0 Å². The first-order valence-corrected chi connectivity index (χ1v) is 8.70. The molecule has 0 fully saturated rings. The van der Waals surface area contributed by atoms with E-state index in [-0.39, 0.29) is 17.5 Å². The van der Waals surface area contributed by atoms with Gasteiger partial charge in [0.15, 0.2) is 0 Å². The van der Waals surface area contributed by atoms with Crippen LogP contribution < -0.4 is 10.6 Å². The molecule has 2 aromatic rings. The molecule has 4 heteroatoms. The SMILES string of the molecule is CC(C)(C)C(O)CCNC(=O)NC(c1ccccc1)c1ccccc1. The van der Waals surface area contributed by atoms with Gasteiger partial charge in [0.1, 0.15) is 0 Å². The maximum atomic E-state index is 12.3. The van der Waals surface area contributed by atoms with Crippen LogP contribution in [0.15, 0.2) is 60.7 Å². The van der Waals surface area contributed by atoms with Crippen molar-refractivity contribution in [1.82, 2.24) is 10.6 Å². The smallest absolute Gasteiger partial charge is 0.315 e. The highest BCUT2D eigenvalue weighted by molar-refractivity contribution is 5.75. The van der Waals surface area contributed by atoms with Gasteiger partial charge in [-0.15, -0.1) is 0 Å². The number of amides is 2. The van der Waals surface area contributed by atoms with Gasteiger partial charge >= 0.3 is 6.03 Å². The zero-order valence-corrected chi connectivity index (χ0v) is 15.2. The van der Waals surface area contributed by atoms with Crippen LogP contribution in [0.4, 0.5) is 4.79 Å². The van der Waals surface area contributed by atoms with Crippen molar-refractivity contribution in [1.29, 1.82) is 0 Å². The number of aliphatic hydroxyl groups is 1. The maximum absolute atomic E-state index is 12.3. The molecule has 0 spiro atoms. The van der Waals surface area contributed by atoms with E-state index in [2.05, 4.69) is 10.6 Å². The predicted molar refractivity (Wildman–Crippen MR) is 101 cm³/mol. The molecule has 25 heavy (non-hydrogen) atoms. The normalized spacial score (nSPS) is 12.7. The van der Waals surface area contributed by atoms with Crippen molar-refractivity contribution >= 4 is 6.03 Å². The summed E-state index contributed by atoms with van der Waals surface area (Å²) in [6, 6.07) is 19.3. The van der Waals surface area contributed by atoms with E-state index in [0.29, 0.717) is 13.0 Å². The predicted octanol–water partition coefficient (Wildman–Crippen LogP) is 3.87. The van der Waals surface area contributed by atoms with Crippen LogP contribution in [0.3, 0.4) is 0 Å². The number of nitrogens with one attached hydrogen (secondary N) is 2. The Morgan fingerprint density at radius 2 is 1.44 bits per heavy atom. The highest BCUT2D eigenvalue weighted by Gasteiger charge is 2.22. The third-order valence-corrected chi connectivity index (χ3v) is 4.24. The molecular weight excluding hydrogens is 312 g/mol. The van der Waals surface area contributed by atoms with Gasteiger partial charge in [0.2, 0.25) is 0 Å². The molecule has 0 saturated heterocycles. The first-order chi connectivity index (χ1) is 11.9. The molecule has 4 nitrogen and oxygen atoms in total. The second-order valence-electron chi connectivity index (χ2n) is 7.33. The third kappa shape index (κ3) is 5.91. The first kappa shape index (κ1) is 19.0. The van der Waals surface area contributed by atoms with Gasteiger partial charge in [-0.25, -0.2) is 4.79 Å². The van der Waals surface area contributed by atoms with Gasteiger partial charge in [-0.05, 0) is 23.0 Å². The highest BCUT2D eigenvalue weighted by Crippen LogP contribution is 2.22. The van der Waals surface area contributed by atoms with Gasteiger partial charge in [-0.2, -0.15) is 0 Å². The summed E-state index contributed by atoms with van der Waals surface area (Å²) in [5, 5.41) is 15.9. The van der Waals surface area contributed by atoms with Crippen LogP contribution in [-0.2, 0) is 0 Å². The van der Waals surface area contributed by atoms with E-state index in [1.54, 1.807) is 0 Å². The summed E-state index contributed by atoms with van der Waals surface area (Å²) in [6.07, 6.45) is 0.0741. The molecule has 0 radical (unpaired) electrons. The standard InChI is InChI=1S/C21H28N2O2/c1-21(2,3)18(24)14-15-22-20(25)23-19(16-10-6-4-7-11-16)17-12-8-5-9-13-17/h4-13,18-19,24H,14-15H2,1-3H3,(H2,22,23,25). The second kappa shape index (κ2) is 8.67. The van der Waals surface area contributed by atoms with Gasteiger partial charge in [0, 0.05) is 6.54 Å². The minimum absolute atomic E-state index is 0.186. The Morgan fingerprint density at radius 3 is 1.88 bits per heavy atom. The van der Waals surface area contributed by atoms with Crippen molar-refractivity contribution in [2.45, 2.75) is 39.3 Å². The molecular formula is C21H28N2O2. The summed E-state index contributed by atoms with van der Waals surface area (Å²) in [4.78, 5) is 12.3. The number of aliphatic hydroxyl groups excluding tert-OH is 1. The number of carbonyl (C=O) groups excluding carboxylic acids is 1. The lowest BCUT2D eigenvalue weighted by Crippen LogP contribution is -2.40. The van der Waals surface area contributed by atoms with Crippen LogP contribution in [0.25, 0.3) is 0 Å². The highest BCUT2D eigenvalue weighted by atomic mass is 16.3. The van der Waals surface area contributed by atoms with Gasteiger partial charge in [0.25, 0.3) is 0 Å². The Hall–Kier alpha value is -2.33. The molecule has 0 heterocycles. The van der Waals surface area contributed by atoms with Crippen molar-refractivity contribution in [3.8, 4) is 0 Å². The van der Waals surface area contributed by atoms with E-state index in [0.717, 1.165) is 11.1 Å². The Morgan fingerprint density at radius 1 is 0.960 bits per heavy atom. The summed E-state index contributed by atoms with van der Waals surface area (Å²) in [6.45, 7) is 6.39. The Kier molecular flexibility index (Phi) is 6.59. The van der Waals surface area contributed by atoms with Crippen LogP contribution in [0.2, 0.25) is 0 Å². The molecule has 2 aromatic carbocycles. The number of carbonyl (C=O) groups is 1. The van der Waals surface area contributed by atoms with E-state index in [1.165, 1.54) is 0 Å². The molecule has 0 aliphatic rings. The molecule has 0 aliphatic carbocycles. The van der Waals surface area contributed by atoms with E-state index < -0.39 is 6.10 Å². The van der Waals surface area contributed by atoms with Crippen LogP contribution in [0.5, 0.6) is 0 Å². The van der Waals surface area contributed by atoms with Crippen LogP contribution in [0, 0.1) is 5.41 Å². The van der Waals surface area contributed by atoms with E-state index in [1.807, 2.05) is 81.4 Å². The zero-order valence-electron chi connectivity index (χ0n) is 15.2. The monoisotopic (exact) mass is 340 g/mol. The van der Waals surface area contributed by atoms with Crippen molar-refractivity contribution in [2.75, 3.05) is 6.54 Å². The topological polar surface area (TPSA) is 61.4 Å². The minimum atomic E-state index is -0.452. The van der Waals surface area contributed by atoms with Crippen LogP contribution >= 0.6 is 0 Å². The lowest BCUT2D eigenvalue weighted by molar-refractivity contribution is 0.0564. The van der Waals surface area contributed by atoms with Crippen molar-refractivity contribution in [2.24, 2.45) is 5.41 Å². The zero-order chi connectivity index (χ0) is 18.3. The first-order valence-electron chi connectivity index (χ1n) is 8.70. The average Bonchev–Trinajstić information content (AvgIpc) is 2.60. The lowest BCUT2D eigenvalue weighted by atomic mass is 9.87. The molecule has 1 unspecified atom stereocenters. The molecule has 0 bridgehead atoms. The minimum Gasteiger partial charge on any atom is -0.393 e. The molecule has 0 saturated carbocycles. The quantitative estimate of drug-likeness (QED) is 0.747. The summed E-state index contributed by atoms with van der Waals surface area (Å²) in [7, 11) is 0. The Balaban J connectivity index is 1.99. The summed E-state index contributed by atoms with van der Waals surface area (Å²) >= 11 is 0. The molecule has 1 atom stereocenters. The number of hydrogen-bond acceptors (Lipinski definition) is 2. The molecule has 0 aromatic heterocycles. The molecule has 0 aliphatic heterocycles. The summed E-state index contributed by atoms with van der Waals surface area (Å²) < 4.78 is 0. The fourth-order valence-electron chi connectivity index (χ4n) is 2.59. The number of benzene rings is 2. The molecule has 3 N–H and O–H groups in total. The van der Waals surface area contributed by atoms with E-state index in [9.17, 15) is 9.90 Å². The Bertz CT molecular complexity index is 611. The van der Waals surface area contributed by atoms with E-state index in [4.69, 9.17) is 0 Å². The van der Waals surface area contributed by atoms with Gasteiger partial charge in [-0.1, -0.05) is 81.4 Å². The number of rotatable bonds is 6. The van der Waals surface area contributed by atoms with Crippen molar-refractivity contribution < 1.29 is 9.90 Å². The van der Waals surface area contributed by atoms with Gasteiger partial charge in [-0.3, -0.25) is 0 Å². The number of urea groups is 1. The second-order valence-corrected chi connectivity index (χ2v) is 7.33. The van der Waals surface area contributed by atoms with Gasteiger partial charge < -0.3 is 15.7 Å². The fraction of sp³-hybridized carbons (Fsp3) is 0.381. The average molecular weight is 340 g/mol. The third-order valence-electron chi connectivity index (χ3n) is 4.24. The summed E-state index contributed by atoms with van der Waals surface area (Å²) in [5.74, 6) is 0. The van der Waals surface area contributed by atoms with Gasteiger partial charge in [0.05, 0.1) is 12.1 Å². The number of hydrogen-bond donors (Lipinski definition) is 3. The molecule has 2 rings (SSSR count). The van der Waals surface area contributed by atoms with Crippen LogP contribution in [-0.4, -0.2) is 23.8 Å². The van der Waals surface area contributed by atoms with Crippen molar-refractivity contribution in [3.63, 3.8) is 0 Å². The largest absolute Gasteiger partial charge is 0.393 e. The lowest BCUT2D eigenvalue weighted by Gasteiger charge is -2.26. The Labute approximate surface area is 150 Å². The fourth-order valence-corrected chi connectivity index (χ4v) is 2.59. The van der Waals surface area contributed by atoms with Crippen LogP contribution in [0.1, 0.15) is 44.4 Å². The van der Waals surface area contributed by atoms with Crippen molar-refractivity contribution in [3.05, 3.63) is 71.8 Å². The molecule has 134 valence electrons. The summed E-state index contributed by atoms with van der Waals surface area (Å²) in [5.41, 5.74) is 1.87. The maximum Gasteiger partial charge on any atom is 0.315 e. The molecule has 2 amide bonds.